The predicted octanol–water partition coefficient (Wildman–Crippen LogP) is 4.10. The number of nitrogens with one attached hydrogen (secondary N) is 1. The van der Waals surface area contributed by atoms with Crippen LogP contribution in [0.2, 0.25) is 5.02 Å². The molecule has 1 fully saturated rings. The first-order valence-electron chi connectivity index (χ1n) is 12.7. The average Bonchev–Trinajstić information content (AvgIpc) is 3.49. The van der Waals surface area contributed by atoms with Gasteiger partial charge in [-0.05, 0) is 76.4 Å². The normalized spacial score (nSPS) is 14.3. The Labute approximate surface area is 231 Å². The van der Waals surface area contributed by atoms with Crippen LogP contribution in [0.5, 0.6) is 11.6 Å². The minimum Gasteiger partial charge on any atom is -0.484 e. The number of hydrogen-bond donors (Lipinski definition) is 2. The molecule has 39 heavy (non-hydrogen) atoms. The van der Waals surface area contributed by atoms with Crippen LogP contribution >= 0.6 is 11.6 Å². The van der Waals surface area contributed by atoms with Gasteiger partial charge < -0.3 is 24.5 Å². The summed E-state index contributed by atoms with van der Waals surface area (Å²) >= 11 is 6.73. The van der Waals surface area contributed by atoms with Crippen LogP contribution in [0.4, 0.5) is 0 Å². The van der Waals surface area contributed by atoms with Gasteiger partial charge in [0.15, 0.2) is 17.8 Å². The van der Waals surface area contributed by atoms with Crippen molar-refractivity contribution in [2.24, 2.45) is 0 Å². The van der Waals surface area contributed by atoms with E-state index in [1.54, 1.807) is 38.2 Å². The van der Waals surface area contributed by atoms with Crippen molar-refractivity contribution < 1.29 is 19.4 Å². The van der Waals surface area contributed by atoms with E-state index < -0.39 is 5.60 Å². The van der Waals surface area contributed by atoms with Crippen molar-refractivity contribution in [3.8, 4) is 23.0 Å². The molecule has 4 aromatic rings. The minimum absolute atomic E-state index is 0.120. The summed E-state index contributed by atoms with van der Waals surface area (Å²) in [7, 11) is 0. The van der Waals surface area contributed by atoms with Gasteiger partial charge in [0, 0.05) is 18.3 Å². The van der Waals surface area contributed by atoms with Gasteiger partial charge in [-0.3, -0.25) is 9.78 Å². The minimum atomic E-state index is -1.01. The van der Waals surface area contributed by atoms with Crippen LogP contribution in [-0.4, -0.2) is 59.9 Å². The third-order valence-corrected chi connectivity index (χ3v) is 6.67. The Morgan fingerprint density at radius 1 is 1.21 bits per heavy atom. The molecule has 0 aliphatic heterocycles. The van der Waals surface area contributed by atoms with Crippen molar-refractivity contribution in [3.05, 3.63) is 59.1 Å². The number of ether oxygens (including phenoxy) is 2. The summed E-state index contributed by atoms with van der Waals surface area (Å²) < 4.78 is 13.8. The quantitative estimate of drug-likeness (QED) is 0.302. The van der Waals surface area contributed by atoms with Crippen LogP contribution in [0.15, 0.2) is 42.9 Å². The maximum atomic E-state index is 12.1. The monoisotopic (exact) mass is 550 g/mol. The molecule has 3 aromatic heterocycles. The van der Waals surface area contributed by atoms with E-state index in [4.69, 9.17) is 26.1 Å². The summed E-state index contributed by atoms with van der Waals surface area (Å²) in [6.45, 7) is 7.62. The number of hydrogen-bond acceptors (Lipinski definition) is 8. The zero-order chi connectivity index (χ0) is 27.8. The van der Waals surface area contributed by atoms with Crippen LogP contribution in [0, 0.1) is 6.92 Å². The van der Waals surface area contributed by atoms with Crippen molar-refractivity contribution in [1.82, 2.24) is 29.8 Å². The lowest BCUT2D eigenvalue weighted by molar-refractivity contribution is -0.124. The highest BCUT2D eigenvalue weighted by Gasteiger charge is 2.41. The van der Waals surface area contributed by atoms with Gasteiger partial charge in [0.05, 0.1) is 22.9 Å². The molecule has 0 radical (unpaired) electrons. The summed E-state index contributed by atoms with van der Waals surface area (Å²) in [6, 6.07) is 9.13. The largest absolute Gasteiger partial charge is 0.484 e. The van der Waals surface area contributed by atoms with Gasteiger partial charge >= 0.3 is 0 Å². The van der Waals surface area contributed by atoms with Crippen LogP contribution < -0.4 is 14.8 Å². The Kier molecular flexibility index (Phi) is 7.17. The molecule has 0 saturated heterocycles. The SMILES string of the molecule is Cc1ccnc(Cn2c(-c3ccc(OCC(=O)NCC(C)(C)O)cc3Cl)nc3c(OC4(C)CC4)ncnc32)c1. The summed E-state index contributed by atoms with van der Waals surface area (Å²) in [6.07, 6.45) is 5.18. The van der Waals surface area contributed by atoms with Crippen molar-refractivity contribution in [2.75, 3.05) is 13.2 Å². The molecule has 1 aliphatic rings. The Bertz CT molecular complexity index is 1530. The molecule has 0 bridgehead atoms. The van der Waals surface area contributed by atoms with E-state index in [1.165, 1.54) is 6.33 Å². The number of aromatic nitrogens is 5. The molecule has 0 atom stereocenters. The molecule has 0 spiro atoms. The number of halogens is 1. The van der Waals surface area contributed by atoms with E-state index in [9.17, 15) is 9.90 Å². The van der Waals surface area contributed by atoms with Crippen molar-refractivity contribution in [1.29, 1.82) is 0 Å². The summed E-state index contributed by atoms with van der Waals surface area (Å²) in [4.78, 5) is 30.4. The third-order valence-electron chi connectivity index (χ3n) is 6.36. The number of fused-ring (bicyclic) bond motifs is 1. The number of benzene rings is 1. The lowest BCUT2D eigenvalue weighted by Crippen LogP contribution is -2.40. The summed E-state index contributed by atoms with van der Waals surface area (Å²) in [5.41, 5.74) is 2.52. The molecular formula is C28H31ClN6O4. The van der Waals surface area contributed by atoms with Crippen LogP contribution in [0.3, 0.4) is 0 Å². The Hall–Kier alpha value is -3.76. The zero-order valence-electron chi connectivity index (χ0n) is 22.4. The maximum Gasteiger partial charge on any atom is 0.258 e. The van der Waals surface area contributed by atoms with E-state index >= 15 is 0 Å². The molecular weight excluding hydrogens is 520 g/mol. The van der Waals surface area contributed by atoms with Gasteiger partial charge in [0.2, 0.25) is 5.88 Å². The molecule has 1 aliphatic carbocycles. The van der Waals surface area contributed by atoms with Gasteiger partial charge in [-0.25, -0.2) is 9.97 Å². The second-order valence-corrected chi connectivity index (χ2v) is 11.2. The molecule has 5 rings (SSSR count). The van der Waals surface area contributed by atoms with Crippen LogP contribution in [0.25, 0.3) is 22.6 Å². The first-order valence-corrected chi connectivity index (χ1v) is 13.1. The van der Waals surface area contributed by atoms with Gasteiger partial charge in [-0.15, -0.1) is 0 Å². The highest BCUT2D eigenvalue weighted by molar-refractivity contribution is 6.33. The number of carbonyl (C=O) groups is 1. The number of aliphatic hydroxyl groups is 1. The highest BCUT2D eigenvalue weighted by atomic mass is 35.5. The molecule has 1 saturated carbocycles. The number of pyridine rings is 1. The van der Waals surface area contributed by atoms with Crippen molar-refractivity contribution >= 4 is 28.7 Å². The molecule has 1 aromatic carbocycles. The number of aryl methyl sites for hydroxylation is 1. The smallest absolute Gasteiger partial charge is 0.258 e. The lowest BCUT2D eigenvalue weighted by Gasteiger charge is -2.17. The van der Waals surface area contributed by atoms with E-state index in [0.29, 0.717) is 45.7 Å². The number of nitrogens with zero attached hydrogens (tertiary/aromatic N) is 5. The fourth-order valence-electron chi connectivity index (χ4n) is 3.99. The lowest BCUT2D eigenvalue weighted by atomic mass is 10.1. The van der Waals surface area contributed by atoms with Crippen molar-refractivity contribution in [3.63, 3.8) is 0 Å². The third kappa shape index (κ3) is 6.46. The summed E-state index contributed by atoms with van der Waals surface area (Å²) in [5, 5.41) is 12.8. The predicted molar refractivity (Wildman–Crippen MR) is 147 cm³/mol. The van der Waals surface area contributed by atoms with E-state index in [0.717, 1.165) is 24.1 Å². The number of carbonyl (C=O) groups excluding carboxylic acids is 1. The second-order valence-electron chi connectivity index (χ2n) is 10.8. The van der Waals surface area contributed by atoms with Crippen LogP contribution in [0.1, 0.15) is 44.9 Å². The van der Waals surface area contributed by atoms with E-state index in [2.05, 4.69) is 27.2 Å². The Balaban J connectivity index is 1.47. The van der Waals surface area contributed by atoms with Crippen molar-refractivity contribution in [2.45, 2.75) is 58.3 Å². The number of rotatable bonds is 10. The van der Waals surface area contributed by atoms with Gasteiger partial charge in [0.1, 0.15) is 23.5 Å². The molecule has 0 unspecified atom stereocenters. The first-order chi connectivity index (χ1) is 18.5. The van der Waals surface area contributed by atoms with Gasteiger partial charge in [0.25, 0.3) is 5.91 Å². The molecule has 1 amide bonds. The Morgan fingerprint density at radius 3 is 2.69 bits per heavy atom. The topological polar surface area (TPSA) is 124 Å². The van der Waals surface area contributed by atoms with E-state index in [-0.39, 0.29) is 24.7 Å². The fraction of sp³-hybridized carbons (Fsp3) is 0.393. The summed E-state index contributed by atoms with van der Waals surface area (Å²) in [5.74, 6) is 1.10. The average molecular weight is 551 g/mol. The Morgan fingerprint density at radius 2 is 2.00 bits per heavy atom. The highest BCUT2D eigenvalue weighted by Crippen LogP contribution is 2.41. The number of imidazole rings is 1. The zero-order valence-corrected chi connectivity index (χ0v) is 23.1. The van der Waals surface area contributed by atoms with Gasteiger partial charge in [-0.2, -0.15) is 4.98 Å². The maximum absolute atomic E-state index is 12.1. The molecule has 204 valence electrons. The van der Waals surface area contributed by atoms with Gasteiger partial charge in [-0.1, -0.05) is 11.6 Å². The van der Waals surface area contributed by atoms with Crippen LogP contribution in [-0.2, 0) is 11.3 Å². The first kappa shape index (κ1) is 26.8. The molecule has 10 nitrogen and oxygen atoms in total. The van der Waals surface area contributed by atoms with E-state index in [1.807, 2.05) is 23.6 Å². The fourth-order valence-corrected chi connectivity index (χ4v) is 4.24. The number of amides is 1. The molecule has 11 heteroatoms. The second kappa shape index (κ2) is 10.4. The molecule has 2 N–H and O–H groups in total. The standard InChI is InChI=1S/C28H31ClN6O4/c1-17-7-10-30-18(11-17)13-35-24(34-23-25(35)32-16-33-26(23)39-28(4)8-9-28)20-6-5-19(12-21(20)29)38-14-22(36)31-15-27(2,3)37/h5-7,10-12,16,37H,8-9,13-15H2,1-4H3,(H,31,36). The molecule has 3 heterocycles.